The van der Waals surface area contributed by atoms with Gasteiger partial charge in [0.25, 0.3) is 0 Å². The molecule has 122 valence electrons. The van der Waals surface area contributed by atoms with Crippen LogP contribution < -0.4 is 0 Å². The lowest BCUT2D eigenvalue weighted by molar-refractivity contribution is -0.190. The van der Waals surface area contributed by atoms with Gasteiger partial charge in [0.2, 0.25) is 0 Å². The summed E-state index contributed by atoms with van der Waals surface area (Å²) >= 11 is 0. The molecule has 0 unspecified atom stereocenters. The molecule has 0 fully saturated rings. The predicted octanol–water partition coefficient (Wildman–Crippen LogP) is -0.0208. The van der Waals surface area contributed by atoms with Crippen LogP contribution in [0.1, 0.15) is 27.7 Å². The minimum Gasteiger partial charge on any atom is -0.456 e. The Morgan fingerprint density at radius 1 is 0.905 bits per heavy atom. The van der Waals surface area contributed by atoms with Gasteiger partial charge in [0, 0.05) is 20.8 Å². The highest BCUT2D eigenvalue weighted by Crippen LogP contribution is 2.16. The van der Waals surface area contributed by atoms with E-state index in [2.05, 4.69) is 4.74 Å². The molecule has 0 spiro atoms. The number of carbonyl (C=O) groups excluding carboxylic acids is 4. The van der Waals surface area contributed by atoms with E-state index in [4.69, 9.17) is 9.47 Å². The van der Waals surface area contributed by atoms with Crippen molar-refractivity contribution < 1.29 is 38.5 Å². The fraction of sp³-hybridized carbons (Fsp3) is 0.667. The van der Waals surface area contributed by atoms with Crippen LogP contribution in [0.5, 0.6) is 0 Å². The van der Waals surface area contributed by atoms with Crippen LogP contribution in [0.4, 0.5) is 0 Å². The number of esters is 3. The van der Waals surface area contributed by atoms with E-state index in [1.165, 1.54) is 6.92 Å². The normalized spacial score (nSPS) is 15.5. The summed E-state index contributed by atoms with van der Waals surface area (Å²) in [5.74, 6) is -2.32. The first-order valence-corrected chi connectivity index (χ1v) is 5.84. The number of aldehydes is 1. The summed E-state index contributed by atoms with van der Waals surface area (Å²) in [5, 5.41) is 9.60. The van der Waals surface area contributed by atoms with Crippen LogP contribution in [0.2, 0.25) is 0 Å². The first kappa shape index (κ1) is 22.1. The van der Waals surface area contributed by atoms with Gasteiger partial charge in [-0.25, -0.2) is 0 Å². The summed E-state index contributed by atoms with van der Waals surface area (Å²) in [7, 11) is 0. The Kier molecular flexibility index (Phi) is 11.0. The van der Waals surface area contributed by atoms with Gasteiger partial charge in [0.05, 0.1) is 6.10 Å². The lowest BCUT2D eigenvalue weighted by atomic mass is 10.0. The van der Waals surface area contributed by atoms with E-state index in [1.807, 2.05) is 0 Å². The monoisotopic (exact) mass is 418 g/mol. The van der Waals surface area contributed by atoms with Crippen molar-refractivity contribution in [2.75, 3.05) is 0 Å². The molecule has 21 heavy (non-hydrogen) atoms. The van der Waals surface area contributed by atoms with E-state index in [-0.39, 0.29) is 30.3 Å². The molecule has 0 aliphatic carbocycles. The van der Waals surface area contributed by atoms with Crippen LogP contribution >= 0.6 is 24.0 Å². The number of hydrogen-bond donors (Lipinski definition) is 1. The van der Waals surface area contributed by atoms with Crippen molar-refractivity contribution in [3.05, 3.63) is 0 Å². The van der Waals surface area contributed by atoms with E-state index >= 15 is 0 Å². The molecule has 4 atom stereocenters. The standard InChI is InChI=1S/C12H18O8.HI/c1-6(14)11(19-8(3)16)12(20-9(4)17)10(5-13)18-7(2)15;/h5-6,10-12,14H,1-4H3;1H/t6-,10+,11+,12-;/m0./s1. The molecule has 9 heteroatoms. The Bertz CT molecular complexity index is 381. The third-order valence-electron chi connectivity index (χ3n) is 2.16. The lowest BCUT2D eigenvalue weighted by Gasteiger charge is -2.30. The molecule has 0 aromatic heterocycles. The molecular formula is C12H19IO8. The van der Waals surface area contributed by atoms with Crippen molar-refractivity contribution in [2.24, 2.45) is 0 Å². The molecule has 1 N–H and O–H groups in total. The van der Waals surface area contributed by atoms with Crippen molar-refractivity contribution >= 4 is 48.2 Å². The Balaban J connectivity index is 0. The summed E-state index contributed by atoms with van der Waals surface area (Å²) in [6.07, 6.45) is -5.28. The minimum absolute atomic E-state index is 0. The fourth-order valence-corrected chi connectivity index (χ4v) is 1.51. The van der Waals surface area contributed by atoms with Gasteiger partial charge in [0.15, 0.2) is 24.6 Å². The van der Waals surface area contributed by atoms with Crippen LogP contribution in [-0.4, -0.2) is 53.7 Å². The quantitative estimate of drug-likeness (QED) is 0.266. The second kappa shape index (κ2) is 10.5. The van der Waals surface area contributed by atoms with Crippen molar-refractivity contribution in [1.82, 2.24) is 0 Å². The maximum absolute atomic E-state index is 11.1. The third kappa shape index (κ3) is 8.60. The van der Waals surface area contributed by atoms with Gasteiger partial charge in [-0.05, 0) is 6.92 Å². The zero-order chi connectivity index (χ0) is 15.9. The third-order valence-corrected chi connectivity index (χ3v) is 2.16. The second-order valence-corrected chi connectivity index (χ2v) is 4.10. The molecule has 0 radical (unpaired) electrons. The van der Waals surface area contributed by atoms with Gasteiger partial charge in [0.1, 0.15) is 0 Å². The van der Waals surface area contributed by atoms with E-state index in [9.17, 15) is 24.3 Å². The highest BCUT2D eigenvalue weighted by molar-refractivity contribution is 14.0. The summed E-state index contributed by atoms with van der Waals surface area (Å²) in [6, 6.07) is 0. The zero-order valence-electron chi connectivity index (χ0n) is 12.1. The number of rotatable bonds is 7. The first-order chi connectivity index (χ1) is 9.18. The van der Waals surface area contributed by atoms with Gasteiger partial charge in [-0.3, -0.25) is 19.2 Å². The molecule has 0 saturated heterocycles. The van der Waals surface area contributed by atoms with Crippen molar-refractivity contribution in [2.45, 2.75) is 52.1 Å². The van der Waals surface area contributed by atoms with Crippen LogP contribution in [0.25, 0.3) is 0 Å². The number of aliphatic hydroxyl groups excluding tert-OH is 1. The Labute approximate surface area is 139 Å². The van der Waals surface area contributed by atoms with E-state index < -0.39 is 42.3 Å². The molecule has 0 aliphatic rings. The van der Waals surface area contributed by atoms with Crippen LogP contribution in [0.3, 0.4) is 0 Å². The van der Waals surface area contributed by atoms with Crippen molar-refractivity contribution in [3.63, 3.8) is 0 Å². The van der Waals surface area contributed by atoms with Gasteiger partial charge >= 0.3 is 17.9 Å². The van der Waals surface area contributed by atoms with E-state index in [0.29, 0.717) is 0 Å². The average molecular weight is 418 g/mol. The predicted molar refractivity (Wildman–Crippen MR) is 79.8 cm³/mol. The van der Waals surface area contributed by atoms with E-state index in [0.717, 1.165) is 20.8 Å². The van der Waals surface area contributed by atoms with Gasteiger partial charge in [-0.2, -0.15) is 0 Å². The molecular weight excluding hydrogens is 399 g/mol. The van der Waals surface area contributed by atoms with Crippen LogP contribution in [0.15, 0.2) is 0 Å². The molecule has 0 amide bonds. The molecule has 8 nitrogen and oxygen atoms in total. The van der Waals surface area contributed by atoms with Crippen molar-refractivity contribution in [1.29, 1.82) is 0 Å². The molecule has 0 aliphatic heterocycles. The maximum Gasteiger partial charge on any atom is 0.303 e. The van der Waals surface area contributed by atoms with Crippen molar-refractivity contribution in [3.8, 4) is 0 Å². The Morgan fingerprint density at radius 2 is 1.29 bits per heavy atom. The average Bonchev–Trinajstić information content (AvgIpc) is 2.29. The molecule has 0 aromatic carbocycles. The summed E-state index contributed by atoms with van der Waals surface area (Å²) in [4.78, 5) is 44.0. The summed E-state index contributed by atoms with van der Waals surface area (Å²) < 4.78 is 14.4. The Morgan fingerprint density at radius 3 is 1.57 bits per heavy atom. The second-order valence-electron chi connectivity index (χ2n) is 4.10. The topological polar surface area (TPSA) is 116 Å². The molecule has 0 rings (SSSR count). The Hall–Kier alpha value is -1.23. The number of aliphatic hydroxyl groups is 1. The largest absolute Gasteiger partial charge is 0.456 e. The maximum atomic E-state index is 11.1. The first-order valence-electron chi connectivity index (χ1n) is 5.84. The molecule has 0 heterocycles. The number of halogens is 1. The van der Waals surface area contributed by atoms with Gasteiger partial charge < -0.3 is 19.3 Å². The van der Waals surface area contributed by atoms with Gasteiger partial charge in [-0.1, -0.05) is 0 Å². The SMILES string of the molecule is CC(=O)O[C@H]([C@H](OC(C)=O)[C@H](C)O)[C@@H](C=O)OC(C)=O.I. The number of ether oxygens (including phenoxy) is 3. The number of hydrogen-bond acceptors (Lipinski definition) is 8. The minimum atomic E-state index is -1.49. The van der Waals surface area contributed by atoms with Gasteiger partial charge in [-0.15, -0.1) is 24.0 Å². The summed E-state index contributed by atoms with van der Waals surface area (Å²) in [5.41, 5.74) is 0. The highest BCUT2D eigenvalue weighted by Gasteiger charge is 2.39. The molecule has 0 saturated carbocycles. The smallest absolute Gasteiger partial charge is 0.303 e. The van der Waals surface area contributed by atoms with Crippen LogP contribution in [-0.2, 0) is 33.4 Å². The zero-order valence-corrected chi connectivity index (χ0v) is 14.4. The molecule has 0 aromatic rings. The number of carbonyl (C=O) groups is 4. The lowest BCUT2D eigenvalue weighted by Crippen LogP contribution is -2.50. The summed E-state index contributed by atoms with van der Waals surface area (Å²) in [6.45, 7) is 4.49. The van der Waals surface area contributed by atoms with E-state index in [1.54, 1.807) is 0 Å². The highest BCUT2D eigenvalue weighted by atomic mass is 127. The fourth-order valence-electron chi connectivity index (χ4n) is 1.51. The molecule has 0 bridgehead atoms. The van der Waals surface area contributed by atoms with Crippen LogP contribution in [0, 0.1) is 0 Å².